The first kappa shape index (κ1) is 44.5. The van der Waals surface area contributed by atoms with Crippen LogP contribution >= 0.6 is 0 Å². The second-order valence-electron chi connectivity index (χ2n) is 18.8. The highest BCUT2D eigenvalue weighted by molar-refractivity contribution is 6.75. The summed E-state index contributed by atoms with van der Waals surface area (Å²) in [5, 5.41) is 9.44. The highest BCUT2D eigenvalue weighted by atomic mass is 28.4. The van der Waals surface area contributed by atoms with Crippen molar-refractivity contribution < 1.29 is 46.9 Å². The Labute approximate surface area is 321 Å². The summed E-state index contributed by atoms with van der Waals surface area (Å²) in [4.78, 5) is 24.2. The number of carboxylic acid groups (broad SMARTS) is 1. The van der Waals surface area contributed by atoms with E-state index in [0.717, 1.165) is 5.56 Å². The molecule has 2 aromatic rings. The van der Waals surface area contributed by atoms with E-state index in [4.69, 9.17) is 32.2 Å². The van der Waals surface area contributed by atoms with Gasteiger partial charge in [0, 0.05) is 11.1 Å². The number of benzene rings is 2. The molecule has 13 heteroatoms. The first-order valence-electron chi connectivity index (χ1n) is 18.6. The number of carboxylic acids is 1. The molecule has 0 amide bonds. The lowest BCUT2D eigenvalue weighted by Gasteiger charge is -2.38. The second-order valence-corrected chi connectivity index (χ2v) is 33.2. The van der Waals surface area contributed by atoms with Crippen molar-refractivity contribution in [2.24, 2.45) is 0 Å². The van der Waals surface area contributed by atoms with Gasteiger partial charge in [0.05, 0.1) is 24.3 Å². The molecule has 2 aliphatic rings. The zero-order valence-electron chi connectivity index (χ0n) is 35.4. The Morgan fingerprint density at radius 2 is 1.00 bits per heavy atom. The van der Waals surface area contributed by atoms with E-state index in [-0.39, 0.29) is 38.9 Å². The van der Waals surface area contributed by atoms with Gasteiger partial charge >= 0.3 is 11.9 Å². The topological polar surface area (TPSA) is 119 Å². The summed E-state index contributed by atoms with van der Waals surface area (Å²) in [5.41, 5.74) is 2.12. The molecule has 298 valence electrons. The smallest absolute Gasteiger partial charge is 0.336 e. The van der Waals surface area contributed by atoms with Gasteiger partial charge in [0.2, 0.25) is 0 Å². The summed E-state index contributed by atoms with van der Waals surface area (Å²) in [6.45, 7) is 38.0. The van der Waals surface area contributed by atoms with Gasteiger partial charge in [0.1, 0.15) is 13.2 Å². The number of aromatic carboxylic acids is 1. The highest BCUT2D eigenvalue weighted by Gasteiger charge is 2.42. The quantitative estimate of drug-likeness (QED) is 0.246. The lowest BCUT2D eigenvalue weighted by Crippen LogP contribution is -2.45. The first-order valence-corrected chi connectivity index (χ1v) is 27.3. The fourth-order valence-corrected chi connectivity index (χ4v) is 7.66. The number of hydrogen-bond acceptors (Lipinski definition) is 9. The van der Waals surface area contributed by atoms with Gasteiger partial charge in [-0.25, -0.2) is 9.59 Å². The standard InChI is InChI=1S/C23H40O5Si2.C17H26O5Si/c1-16-18(21(24)28-30(10,11)23(5,6)7)12-13-19-20(16)27-17(14-25-19)15-26-29(8,9)22(2,3)4;1-11-13(16(18)19)7-8-14-15(11)22-12(9-20-14)10-21-23(5,6)17(2,3)4/h12-13,17H,14-15H2,1-11H3;7-8,12H,9-10H2,1-6H3,(H,18,19)/t17-;12-/m11/s1. The molecule has 0 fully saturated rings. The minimum absolute atomic E-state index is 0.0451. The van der Waals surface area contributed by atoms with Gasteiger partial charge in [-0.2, -0.15) is 0 Å². The lowest BCUT2D eigenvalue weighted by atomic mass is 10.1. The van der Waals surface area contributed by atoms with Crippen LogP contribution in [0.3, 0.4) is 0 Å². The van der Waals surface area contributed by atoms with Crippen LogP contribution in [0.1, 0.15) is 94.2 Å². The molecule has 0 saturated heterocycles. The number of rotatable bonds is 9. The Morgan fingerprint density at radius 3 is 1.36 bits per heavy atom. The van der Waals surface area contributed by atoms with E-state index in [1.54, 1.807) is 31.2 Å². The summed E-state index contributed by atoms with van der Waals surface area (Å²) < 4.78 is 42.4. The molecule has 10 nitrogen and oxygen atoms in total. The number of hydrogen-bond donors (Lipinski definition) is 1. The maximum absolute atomic E-state index is 13.0. The molecule has 0 aliphatic carbocycles. The summed E-state index contributed by atoms with van der Waals surface area (Å²) in [7, 11) is -5.94. The predicted molar refractivity (Wildman–Crippen MR) is 218 cm³/mol. The van der Waals surface area contributed by atoms with Gasteiger partial charge < -0.3 is 37.3 Å². The van der Waals surface area contributed by atoms with Crippen LogP contribution in [0.5, 0.6) is 23.0 Å². The van der Waals surface area contributed by atoms with Crippen LogP contribution in [0.25, 0.3) is 0 Å². The fourth-order valence-electron chi connectivity index (χ4n) is 4.71. The van der Waals surface area contributed by atoms with Crippen molar-refractivity contribution in [3.05, 3.63) is 46.5 Å². The summed E-state index contributed by atoms with van der Waals surface area (Å²) in [6.07, 6.45) is -0.420. The fraction of sp³-hybridized carbons (Fsp3) is 0.650. The molecule has 0 bridgehead atoms. The number of fused-ring (bicyclic) bond motifs is 2. The summed E-state index contributed by atoms with van der Waals surface area (Å²) >= 11 is 0. The van der Waals surface area contributed by atoms with Crippen LogP contribution in [-0.4, -0.2) is 80.6 Å². The largest absolute Gasteiger partial charge is 0.516 e. The molecule has 2 aliphatic heterocycles. The Hall–Kier alpha value is -2.85. The van der Waals surface area contributed by atoms with Crippen molar-refractivity contribution >= 4 is 36.9 Å². The molecule has 2 atom stereocenters. The lowest BCUT2D eigenvalue weighted by molar-refractivity contribution is 0.0480. The third kappa shape index (κ3) is 10.7. The third-order valence-electron chi connectivity index (χ3n) is 11.6. The minimum atomic E-state index is -2.21. The molecule has 1 N–H and O–H groups in total. The van der Waals surface area contributed by atoms with Crippen LogP contribution in [-0.2, 0) is 13.3 Å². The van der Waals surface area contributed by atoms with Crippen molar-refractivity contribution in [2.45, 2.75) is 143 Å². The van der Waals surface area contributed by atoms with Gasteiger partial charge in [-0.15, -0.1) is 0 Å². The first-order chi connectivity index (χ1) is 24.0. The van der Waals surface area contributed by atoms with Crippen molar-refractivity contribution in [1.29, 1.82) is 0 Å². The summed E-state index contributed by atoms with van der Waals surface area (Å²) in [6, 6.07) is 6.78. The minimum Gasteiger partial charge on any atom is -0.516 e. The van der Waals surface area contributed by atoms with Crippen LogP contribution < -0.4 is 18.9 Å². The average molecular weight is 791 g/mol. The van der Waals surface area contributed by atoms with Crippen LogP contribution in [0.15, 0.2) is 24.3 Å². The van der Waals surface area contributed by atoms with E-state index in [1.165, 1.54) is 0 Å². The maximum atomic E-state index is 13.0. The number of carbonyl (C=O) groups is 2. The molecule has 0 unspecified atom stereocenters. The van der Waals surface area contributed by atoms with Crippen LogP contribution in [0, 0.1) is 13.8 Å². The van der Waals surface area contributed by atoms with Gasteiger partial charge in [-0.3, -0.25) is 0 Å². The van der Waals surface area contributed by atoms with Gasteiger partial charge in [0.25, 0.3) is 8.32 Å². The zero-order chi connectivity index (χ0) is 40.5. The van der Waals surface area contributed by atoms with Crippen molar-refractivity contribution in [3.63, 3.8) is 0 Å². The van der Waals surface area contributed by atoms with Crippen molar-refractivity contribution in [3.8, 4) is 23.0 Å². The Bertz CT molecular complexity index is 1630. The molecule has 0 spiro atoms. The second kappa shape index (κ2) is 16.1. The van der Waals surface area contributed by atoms with E-state index < -0.39 is 30.9 Å². The van der Waals surface area contributed by atoms with Crippen molar-refractivity contribution in [1.82, 2.24) is 0 Å². The Morgan fingerprint density at radius 1 is 0.642 bits per heavy atom. The van der Waals surface area contributed by atoms with Crippen LogP contribution in [0.2, 0.25) is 54.4 Å². The molecule has 0 saturated carbocycles. The van der Waals surface area contributed by atoms with E-state index in [1.807, 2.05) is 6.92 Å². The molecule has 2 aromatic carbocycles. The monoisotopic (exact) mass is 790 g/mol. The molecule has 2 heterocycles. The third-order valence-corrected chi connectivity index (χ3v) is 24.9. The van der Waals surface area contributed by atoms with E-state index >= 15 is 0 Å². The number of carbonyl (C=O) groups excluding carboxylic acids is 1. The van der Waals surface area contributed by atoms with Crippen molar-refractivity contribution in [2.75, 3.05) is 26.4 Å². The zero-order valence-corrected chi connectivity index (χ0v) is 38.4. The molecule has 4 rings (SSSR count). The Kier molecular flexibility index (Phi) is 13.5. The molecular formula is C40H66O10Si3. The summed E-state index contributed by atoms with van der Waals surface area (Å²) in [5.74, 6) is 1.14. The average Bonchev–Trinajstić information content (AvgIpc) is 3.01. The SMILES string of the molecule is Cc1c(C(=O)O)ccc2c1O[C@@H](CO[Si](C)(C)C(C)(C)C)CO2.Cc1c(C(=O)O[Si](C)(C)C(C)(C)C)ccc2c1O[C@@H](CO[Si](C)(C)C(C)(C)C)CO2. The Balaban J connectivity index is 0.000000295. The van der Waals surface area contributed by atoms with Gasteiger partial charge in [-0.05, 0) is 92.5 Å². The van der Waals surface area contributed by atoms with E-state index in [2.05, 4.69) is 102 Å². The number of ether oxygens (including phenoxy) is 4. The predicted octanol–water partition coefficient (Wildman–Crippen LogP) is 10.2. The highest BCUT2D eigenvalue weighted by Crippen LogP contribution is 2.42. The maximum Gasteiger partial charge on any atom is 0.336 e. The van der Waals surface area contributed by atoms with Gasteiger partial charge in [-0.1, -0.05) is 62.3 Å². The molecular weight excluding hydrogens is 725 g/mol. The van der Waals surface area contributed by atoms with Gasteiger partial charge in [0.15, 0.2) is 51.8 Å². The molecule has 0 radical (unpaired) electrons. The molecule has 0 aromatic heterocycles. The van der Waals surface area contributed by atoms with E-state index in [9.17, 15) is 14.7 Å². The van der Waals surface area contributed by atoms with E-state index in [0.29, 0.717) is 60.6 Å². The molecule has 53 heavy (non-hydrogen) atoms. The van der Waals surface area contributed by atoms with Crippen LogP contribution in [0.4, 0.5) is 0 Å². The normalized spacial score (nSPS) is 17.8.